The maximum absolute atomic E-state index is 11.6. The van der Waals surface area contributed by atoms with E-state index >= 15 is 0 Å². The summed E-state index contributed by atoms with van der Waals surface area (Å²) in [5.74, 6) is 1.52. The van der Waals surface area contributed by atoms with Crippen molar-refractivity contribution in [3.63, 3.8) is 0 Å². The number of aryl methyl sites for hydroxylation is 1. The summed E-state index contributed by atoms with van der Waals surface area (Å²) in [7, 11) is 0. The first-order chi connectivity index (χ1) is 12.1. The Bertz CT molecular complexity index is 812. The lowest BCUT2D eigenvalue weighted by atomic mass is 9.86. The van der Waals surface area contributed by atoms with Gasteiger partial charge in [-0.3, -0.25) is 4.79 Å². The fourth-order valence-electron chi connectivity index (χ4n) is 4.11. The Hall–Kier alpha value is -2.43. The first-order valence-electron chi connectivity index (χ1n) is 8.95. The third-order valence-electron chi connectivity index (χ3n) is 5.37. The zero-order valence-corrected chi connectivity index (χ0v) is 14.7. The molecule has 1 aliphatic carbocycles. The smallest absolute Gasteiger partial charge is 0.223 e. The lowest BCUT2D eigenvalue weighted by Crippen LogP contribution is -2.40. The van der Waals surface area contributed by atoms with Gasteiger partial charge in [0.25, 0.3) is 0 Å². The van der Waals surface area contributed by atoms with Gasteiger partial charge >= 0.3 is 0 Å². The molecule has 1 atom stereocenters. The summed E-state index contributed by atoms with van der Waals surface area (Å²) >= 11 is 0. The molecule has 1 saturated carbocycles. The van der Waals surface area contributed by atoms with Crippen molar-refractivity contribution in [2.75, 3.05) is 5.32 Å². The van der Waals surface area contributed by atoms with E-state index in [4.69, 9.17) is 4.74 Å². The first kappa shape index (κ1) is 16.1. The maximum Gasteiger partial charge on any atom is 0.223 e. The topological polar surface area (TPSA) is 64.1 Å². The quantitative estimate of drug-likeness (QED) is 0.849. The van der Waals surface area contributed by atoms with Crippen LogP contribution >= 0.6 is 0 Å². The van der Waals surface area contributed by atoms with E-state index in [0.29, 0.717) is 17.2 Å². The van der Waals surface area contributed by atoms with E-state index in [1.165, 1.54) is 19.8 Å². The standard InChI is InChI=1S/C20H23N3O2/c1-13-16(14(2)24)12-21-19(22-13)23-17-11-20(9-5-6-10-20)25-18-8-4-3-7-15(17)18/h3-4,7-8,12,17H,5-6,9-11H2,1-2H3,(H,21,22,23). The summed E-state index contributed by atoms with van der Waals surface area (Å²) in [5, 5.41) is 3.48. The average molecular weight is 337 g/mol. The summed E-state index contributed by atoms with van der Waals surface area (Å²) in [5.41, 5.74) is 2.36. The first-order valence-corrected chi connectivity index (χ1v) is 8.95. The van der Waals surface area contributed by atoms with E-state index in [-0.39, 0.29) is 17.4 Å². The van der Waals surface area contributed by atoms with E-state index in [0.717, 1.165) is 30.6 Å². The van der Waals surface area contributed by atoms with Crippen molar-refractivity contribution in [2.24, 2.45) is 0 Å². The number of hydrogen-bond acceptors (Lipinski definition) is 5. The minimum atomic E-state index is -0.0691. The maximum atomic E-state index is 11.6. The molecule has 1 aromatic carbocycles. The molecule has 2 aliphatic rings. The molecule has 1 spiro atoms. The number of carbonyl (C=O) groups excluding carboxylic acids is 1. The molecular weight excluding hydrogens is 314 g/mol. The van der Waals surface area contributed by atoms with Crippen LogP contribution in [-0.2, 0) is 0 Å². The Kier molecular flexibility index (Phi) is 3.94. The molecule has 0 radical (unpaired) electrons. The van der Waals surface area contributed by atoms with Crippen LogP contribution in [0.15, 0.2) is 30.5 Å². The molecule has 1 aromatic heterocycles. The number of hydrogen-bond donors (Lipinski definition) is 1. The van der Waals surface area contributed by atoms with Gasteiger partial charge < -0.3 is 10.1 Å². The van der Waals surface area contributed by atoms with Gasteiger partial charge in [0.1, 0.15) is 11.4 Å². The highest BCUT2D eigenvalue weighted by atomic mass is 16.5. The normalized spacial score (nSPS) is 20.8. The molecule has 25 heavy (non-hydrogen) atoms. The van der Waals surface area contributed by atoms with Crippen molar-refractivity contribution >= 4 is 11.7 Å². The number of aromatic nitrogens is 2. The Morgan fingerprint density at radius 1 is 1.28 bits per heavy atom. The highest BCUT2D eigenvalue weighted by molar-refractivity contribution is 5.94. The Morgan fingerprint density at radius 3 is 2.76 bits per heavy atom. The Labute approximate surface area is 147 Å². The zero-order valence-electron chi connectivity index (χ0n) is 14.7. The molecule has 130 valence electrons. The molecule has 2 aromatic rings. The molecule has 1 N–H and O–H groups in total. The number of fused-ring (bicyclic) bond motifs is 1. The predicted octanol–water partition coefficient (Wildman–Crippen LogP) is 4.24. The predicted molar refractivity (Wildman–Crippen MR) is 96.0 cm³/mol. The van der Waals surface area contributed by atoms with Gasteiger partial charge in [-0.1, -0.05) is 18.2 Å². The van der Waals surface area contributed by atoms with E-state index in [1.54, 1.807) is 6.20 Å². The summed E-state index contributed by atoms with van der Waals surface area (Å²) < 4.78 is 6.40. The van der Waals surface area contributed by atoms with Crippen LogP contribution in [0.1, 0.15) is 66.7 Å². The van der Waals surface area contributed by atoms with Gasteiger partial charge in [0.2, 0.25) is 5.95 Å². The molecule has 5 heteroatoms. The number of Topliss-reactive ketones (excluding diaryl/α,β-unsaturated/α-hetero) is 1. The largest absolute Gasteiger partial charge is 0.487 e. The summed E-state index contributed by atoms with van der Waals surface area (Å²) in [4.78, 5) is 20.4. The van der Waals surface area contributed by atoms with E-state index in [2.05, 4.69) is 21.4 Å². The van der Waals surface area contributed by atoms with Crippen molar-refractivity contribution in [3.8, 4) is 5.75 Å². The zero-order chi connectivity index (χ0) is 17.4. The molecule has 0 bridgehead atoms. The van der Waals surface area contributed by atoms with Crippen LogP contribution < -0.4 is 10.1 Å². The molecule has 4 rings (SSSR count). The summed E-state index contributed by atoms with van der Waals surface area (Å²) in [6, 6.07) is 8.33. The minimum Gasteiger partial charge on any atom is -0.487 e. The van der Waals surface area contributed by atoms with Crippen LogP contribution in [0.3, 0.4) is 0 Å². The second-order valence-electron chi connectivity index (χ2n) is 7.18. The van der Waals surface area contributed by atoms with Crippen LogP contribution in [0.25, 0.3) is 0 Å². The highest BCUT2D eigenvalue weighted by Gasteiger charge is 2.43. The number of para-hydroxylation sites is 1. The van der Waals surface area contributed by atoms with Crippen molar-refractivity contribution in [1.82, 2.24) is 9.97 Å². The minimum absolute atomic E-state index is 0.00892. The van der Waals surface area contributed by atoms with Crippen molar-refractivity contribution in [3.05, 3.63) is 47.3 Å². The van der Waals surface area contributed by atoms with Gasteiger partial charge in [-0.15, -0.1) is 0 Å². The Morgan fingerprint density at radius 2 is 2.04 bits per heavy atom. The van der Waals surface area contributed by atoms with Crippen molar-refractivity contribution in [2.45, 2.75) is 57.6 Å². The SMILES string of the molecule is CC(=O)c1cnc(NC2CC3(CCCC3)Oc3ccccc32)nc1C. The number of ether oxygens (including phenoxy) is 1. The van der Waals surface area contributed by atoms with Gasteiger partial charge in [0.15, 0.2) is 5.78 Å². The van der Waals surface area contributed by atoms with Crippen molar-refractivity contribution in [1.29, 1.82) is 0 Å². The fraction of sp³-hybridized carbons (Fsp3) is 0.450. The molecule has 1 aliphatic heterocycles. The lowest BCUT2D eigenvalue weighted by molar-refractivity contribution is 0.0452. The number of carbonyl (C=O) groups is 1. The summed E-state index contributed by atoms with van der Waals surface area (Å²) in [6.07, 6.45) is 7.17. The van der Waals surface area contributed by atoms with E-state index in [9.17, 15) is 4.79 Å². The molecule has 0 saturated heterocycles. The van der Waals surface area contributed by atoms with Gasteiger partial charge in [0, 0.05) is 18.2 Å². The van der Waals surface area contributed by atoms with Gasteiger partial charge in [-0.25, -0.2) is 9.97 Å². The fourth-order valence-corrected chi connectivity index (χ4v) is 4.11. The molecule has 1 fully saturated rings. The molecule has 2 heterocycles. The third kappa shape index (κ3) is 2.99. The van der Waals surface area contributed by atoms with Crippen LogP contribution in [0.4, 0.5) is 5.95 Å². The molecule has 1 unspecified atom stereocenters. The number of rotatable bonds is 3. The highest BCUT2D eigenvalue weighted by Crippen LogP contribution is 2.47. The number of anilines is 1. The van der Waals surface area contributed by atoms with Crippen LogP contribution in [-0.4, -0.2) is 21.4 Å². The number of nitrogens with one attached hydrogen (secondary N) is 1. The monoisotopic (exact) mass is 337 g/mol. The second kappa shape index (κ2) is 6.14. The number of nitrogens with zero attached hydrogens (tertiary/aromatic N) is 2. The van der Waals surface area contributed by atoms with Crippen LogP contribution in [0, 0.1) is 6.92 Å². The number of benzene rings is 1. The van der Waals surface area contributed by atoms with E-state index in [1.807, 2.05) is 25.1 Å². The van der Waals surface area contributed by atoms with Crippen LogP contribution in [0.5, 0.6) is 5.75 Å². The number of ketones is 1. The molecule has 0 amide bonds. The average Bonchev–Trinajstić information content (AvgIpc) is 3.02. The van der Waals surface area contributed by atoms with E-state index < -0.39 is 0 Å². The van der Waals surface area contributed by atoms with Crippen LogP contribution in [0.2, 0.25) is 0 Å². The molecular formula is C20H23N3O2. The molecule has 5 nitrogen and oxygen atoms in total. The lowest BCUT2D eigenvalue weighted by Gasteiger charge is -2.40. The van der Waals surface area contributed by atoms with Gasteiger partial charge in [0.05, 0.1) is 17.3 Å². The third-order valence-corrected chi connectivity index (χ3v) is 5.37. The Balaban J connectivity index is 1.65. The summed E-state index contributed by atoms with van der Waals surface area (Å²) in [6.45, 7) is 3.39. The van der Waals surface area contributed by atoms with Crippen molar-refractivity contribution < 1.29 is 9.53 Å². The second-order valence-corrected chi connectivity index (χ2v) is 7.18. The van der Waals surface area contributed by atoms with Gasteiger partial charge in [-0.05, 0) is 45.6 Å². The van der Waals surface area contributed by atoms with Gasteiger partial charge in [-0.2, -0.15) is 0 Å².